The Labute approximate surface area is 182 Å². The Bertz CT molecular complexity index is 833. The molecular weight excluding hydrogens is 402 g/mol. The molecule has 2 aromatic heterocycles. The summed E-state index contributed by atoms with van der Waals surface area (Å²) in [5.41, 5.74) is 1.36. The molecule has 0 radical (unpaired) electrons. The second kappa shape index (κ2) is 10.5. The topological polar surface area (TPSA) is 95.8 Å². The highest BCUT2D eigenvalue weighted by atomic mass is 32.1. The van der Waals surface area contributed by atoms with Crippen molar-refractivity contribution in [2.24, 2.45) is 0 Å². The average Bonchev–Trinajstić information content (AvgIpc) is 3.29. The molecule has 30 heavy (non-hydrogen) atoms. The zero-order valence-corrected chi connectivity index (χ0v) is 18.9. The predicted octanol–water partition coefficient (Wildman–Crippen LogP) is 3.83. The van der Waals surface area contributed by atoms with Crippen LogP contribution in [0.2, 0.25) is 0 Å². The molecule has 2 atom stereocenters. The van der Waals surface area contributed by atoms with Gasteiger partial charge in [-0.15, -0.1) is 11.3 Å². The van der Waals surface area contributed by atoms with Gasteiger partial charge in [-0.3, -0.25) is 4.79 Å². The number of aliphatic hydroxyl groups excluding tert-OH is 1. The van der Waals surface area contributed by atoms with E-state index in [-0.39, 0.29) is 18.7 Å². The molecule has 0 aromatic carbocycles. The van der Waals surface area contributed by atoms with Crippen LogP contribution in [0.15, 0.2) is 6.33 Å². The Morgan fingerprint density at radius 1 is 1.27 bits per heavy atom. The first-order valence-electron chi connectivity index (χ1n) is 10.8. The fourth-order valence-corrected chi connectivity index (χ4v) is 5.93. The summed E-state index contributed by atoms with van der Waals surface area (Å²) in [6.07, 6.45) is 10.0. The maximum absolute atomic E-state index is 10.2. The van der Waals surface area contributed by atoms with E-state index >= 15 is 0 Å². The van der Waals surface area contributed by atoms with Crippen LogP contribution in [0.5, 0.6) is 5.88 Å². The van der Waals surface area contributed by atoms with Crippen molar-refractivity contribution in [1.29, 1.82) is 0 Å². The van der Waals surface area contributed by atoms with E-state index in [4.69, 9.17) is 14.6 Å². The van der Waals surface area contributed by atoms with Crippen molar-refractivity contribution in [1.82, 2.24) is 14.9 Å². The minimum atomic E-state index is -0.250. The van der Waals surface area contributed by atoms with Crippen LogP contribution in [0.3, 0.4) is 0 Å². The van der Waals surface area contributed by atoms with Crippen LogP contribution < -0.4 is 4.74 Å². The summed E-state index contributed by atoms with van der Waals surface area (Å²) in [5, 5.41) is 18.2. The highest BCUT2D eigenvalue weighted by Gasteiger charge is 2.32. The van der Waals surface area contributed by atoms with Gasteiger partial charge in [0, 0.05) is 10.9 Å². The Morgan fingerprint density at radius 2 is 1.97 bits per heavy atom. The lowest BCUT2D eigenvalue weighted by molar-refractivity contribution is -0.122. The molecule has 4 rings (SSSR count). The maximum atomic E-state index is 10.2. The van der Waals surface area contributed by atoms with Gasteiger partial charge >= 0.3 is 0 Å². The first-order valence-corrected chi connectivity index (χ1v) is 11.6. The molecule has 2 aliphatic rings. The first kappa shape index (κ1) is 22.9. The van der Waals surface area contributed by atoms with Crippen molar-refractivity contribution in [3.05, 3.63) is 16.8 Å². The molecule has 7 nitrogen and oxygen atoms in total. The molecule has 0 saturated heterocycles. The van der Waals surface area contributed by atoms with Gasteiger partial charge in [-0.05, 0) is 76.9 Å². The van der Waals surface area contributed by atoms with Crippen molar-refractivity contribution in [3.8, 4) is 5.88 Å². The van der Waals surface area contributed by atoms with Crippen molar-refractivity contribution in [3.63, 3.8) is 0 Å². The van der Waals surface area contributed by atoms with E-state index in [1.165, 1.54) is 23.3 Å². The SMILES string of the molecule is CC[C@@H](O)C[C@H]1CCc2sc3ncnc(OC4CCC(N(C)C)CC4)c3c21.O=CO. The number of rotatable bonds is 6. The Morgan fingerprint density at radius 3 is 2.60 bits per heavy atom. The molecular formula is C22H33N3O4S. The van der Waals surface area contributed by atoms with Gasteiger partial charge in [0.05, 0.1) is 11.5 Å². The minimum Gasteiger partial charge on any atom is -0.483 e. The molecule has 0 aliphatic heterocycles. The minimum absolute atomic E-state index is 0.230. The number of nitrogens with zero attached hydrogens (tertiary/aromatic N) is 3. The summed E-state index contributed by atoms with van der Waals surface area (Å²) < 4.78 is 6.43. The third-order valence-electron chi connectivity index (χ3n) is 6.38. The van der Waals surface area contributed by atoms with Crippen LogP contribution in [0, 0.1) is 0 Å². The largest absolute Gasteiger partial charge is 0.483 e. The van der Waals surface area contributed by atoms with E-state index in [0.29, 0.717) is 12.0 Å². The fourth-order valence-electron chi connectivity index (χ4n) is 4.70. The van der Waals surface area contributed by atoms with Gasteiger partial charge in [0.2, 0.25) is 5.88 Å². The number of fused-ring (bicyclic) bond motifs is 3. The summed E-state index contributed by atoms with van der Waals surface area (Å²) in [6, 6.07) is 0.667. The van der Waals surface area contributed by atoms with E-state index in [0.717, 1.165) is 54.6 Å². The van der Waals surface area contributed by atoms with Crippen LogP contribution in [0.25, 0.3) is 10.2 Å². The van der Waals surface area contributed by atoms with Crippen LogP contribution >= 0.6 is 11.3 Å². The molecule has 0 spiro atoms. The molecule has 0 amide bonds. The third kappa shape index (κ3) is 5.10. The lowest BCUT2D eigenvalue weighted by Gasteiger charge is -2.32. The summed E-state index contributed by atoms with van der Waals surface area (Å²) in [7, 11) is 4.33. The molecule has 1 fully saturated rings. The monoisotopic (exact) mass is 435 g/mol. The van der Waals surface area contributed by atoms with Crippen LogP contribution in [-0.4, -0.2) is 63.9 Å². The van der Waals surface area contributed by atoms with E-state index in [1.54, 1.807) is 17.7 Å². The van der Waals surface area contributed by atoms with Gasteiger partial charge in [0.1, 0.15) is 17.3 Å². The molecule has 1 saturated carbocycles. The van der Waals surface area contributed by atoms with Gasteiger partial charge in [0.25, 0.3) is 6.47 Å². The molecule has 2 heterocycles. The van der Waals surface area contributed by atoms with Crippen molar-refractivity contribution in [2.75, 3.05) is 14.1 Å². The van der Waals surface area contributed by atoms with Gasteiger partial charge in [-0.2, -0.15) is 0 Å². The van der Waals surface area contributed by atoms with Gasteiger partial charge < -0.3 is 19.8 Å². The van der Waals surface area contributed by atoms with Crippen molar-refractivity contribution >= 4 is 28.0 Å². The van der Waals surface area contributed by atoms with E-state index in [1.807, 2.05) is 6.92 Å². The highest BCUT2D eigenvalue weighted by molar-refractivity contribution is 7.19. The van der Waals surface area contributed by atoms with Crippen LogP contribution in [-0.2, 0) is 11.2 Å². The summed E-state index contributed by atoms with van der Waals surface area (Å²) in [4.78, 5) is 22.2. The zero-order chi connectivity index (χ0) is 21.7. The smallest absolute Gasteiger partial charge is 0.290 e. The first-order chi connectivity index (χ1) is 14.5. The Hall–Kier alpha value is -1.77. The molecule has 8 heteroatoms. The number of thiophene rings is 1. The van der Waals surface area contributed by atoms with Crippen molar-refractivity contribution < 1.29 is 19.7 Å². The standard InChI is InChI=1S/C21H31N3O2S.CH2O2/c1-4-15(25)11-13-5-10-17-18(13)19-20(22-12-23-21(19)27-17)26-16-8-6-14(7-9-16)24(2)3;2-1-3/h12-16,25H,4-11H2,1-3H3;1H,(H,2,3)/t13-,14?,15-,16?;/m1./s1. The normalized spacial score (nSPS) is 24.2. The maximum Gasteiger partial charge on any atom is 0.290 e. The number of aliphatic hydroxyl groups is 1. The predicted molar refractivity (Wildman–Crippen MR) is 118 cm³/mol. The molecule has 0 unspecified atom stereocenters. The van der Waals surface area contributed by atoms with E-state index in [9.17, 15) is 5.11 Å². The summed E-state index contributed by atoms with van der Waals surface area (Å²) >= 11 is 1.79. The molecule has 2 aromatic rings. The number of aromatic nitrogens is 2. The van der Waals surface area contributed by atoms with Crippen molar-refractivity contribution in [2.45, 2.75) is 82.5 Å². The molecule has 2 N–H and O–H groups in total. The van der Waals surface area contributed by atoms with Crippen LogP contribution in [0.4, 0.5) is 0 Å². The fraction of sp³-hybridized carbons (Fsp3) is 0.682. The Balaban J connectivity index is 0.000000806. The van der Waals surface area contributed by atoms with E-state index in [2.05, 4.69) is 29.0 Å². The van der Waals surface area contributed by atoms with E-state index < -0.39 is 0 Å². The molecule has 166 valence electrons. The second-order valence-electron chi connectivity index (χ2n) is 8.45. The summed E-state index contributed by atoms with van der Waals surface area (Å²) in [5.74, 6) is 1.17. The highest BCUT2D eigenvalue weighted by Crippen LogP contribution is 2.47. The van der Waals surface area contributed by atoms with Crippen LogP contribution in [0.1, 0.15) is 68.2 Å². The number of carboxylic acid groups (broad SMARTS) is 1. The number of aryl methyl sites for hydroxylation is 1. The Kier molecular flexibility index (Phi) is 8.02. The molecule has 2 aliphatic carbocycles. The number of ether oxygens (including phenoxy) is 1. The lowest BCUT2D eigenvalue weighted by atomic mass is 9.92. The number of hydrogen-bond acceptors (Lipinski definition) is 7. The zero-order valence-electron chi connectivity index (χ0n) is 18.1. The van der Waals surface area contributed by atoms with Gasteiger partial charge in [-0.1, -0.05) is 6.92 Å². The lowest BCUT2D eigenvalue weighted by Crippen LogP contribution is -2.35. The quantitative estimate of drug-likeness (QED) is 0.666. The van der Waals surface area contributed by atoms with Gasteiger partial charge in [-0.25, -0.2) is 9.97 Å². The second-order valence-corrected chi connectivity index (χ2v) is 9.53. The van der Waals surface area contributed by atoms with Gasteiger partial charge in [0.15, 0.2) is 0 Å². The average molecular weight is 436 g/mol. The summed E-state index contributed by atoms with van der Waals surface area (Å²) in [6.45, 7) is 1.80. The molecule has 0 bridgehead atoms. The third-order valence-corrected chi connectivity index (χ3v) is 7.55. The number of hydrogen-bond donors (Lipinski definition) is 2. The number of carbonyl (C=O) groups is 1.